The smallest absolute Gasteiger partial charge is 0.268 e. The number of carbonyl (C=O) groups is 1. The number of nitrogens with zero attached hydrogens (tertiary/aromatic N) is 1. The molecule has 3 atom stereocenters. The van der Waals surface area contributed by atoms with Crippen molar-refractivity contribution in [2.24, 2.45) is 0 Å². The van der Waals surface area contributed by atoms with Crippen molar-refractivity contribution < 1.29 is 32.9 Å². The zero-order valence-electron chi connectivity index (χ0n) is 52.7. The van der Waals surface area contributed by atoms with Crippen LogP contribution in [0.1, 0.15) is 284 Å². The number of aliphatic hydroxyl groups excluding tert-OH is 1. The predicted molar refractivity (Wildman–Crippen MR) is 348 cm³/mol. The van der Waals surface area contributed by atoms with E-state index in [4.69, 9.17) is 9.05 Å². The minimum absolute atomic E-state index is 0.0113. The van der Waals surface area contributed by atoms with Crippen molar-refractivity contribution in [2.45, 2.75) is 296 Å². The van der Waals surface area contributed by atoms with Crippen LogP contribution in [0, 0.1) is 0 Å². The third-order valence-electron chi connectivity index (χ3n) is 14.5. The van der Waals surface area contributed by atoms with Crippen molar-refractivity contribution in [3.8, 4) is 0 Å². The van der Waals surface area contributed by atoms with E-state index in [9.17, 15) is 19.4 Å². The number of phosphoric acid groups is 1. The maximum atomic E-state index is 13.0. The second-order valence-electron chi connectivity index (χ2n) is 23.4. The Balaban J connectivity index is 4.18. The second-order valence-corrected chi connectivity index (χ2v) is 24.8. The lowest BCUT2D eigenvalue weighted by molar-refractivity contribution is -0.870. The molecule has 0 aliphatic carbocycles. The molecule has 0 aromatic carbocycles. The molecule has 0 aliphatic rings. The number of likely N-dealkylation sites (N-methyl/N-ethyl adjacent to an activating group) is 1. The number of phosphoric ester groups is 1. The van der Waals surface area contributed by atoms with E-state index in [-0.39, 0.29) is 12.5 Å². The summed E-state index contributed by atoms with van der Waals surface area (Å²) in [6, 6.07) is -0.914. The molecule has 0 bridgehead atoms. The molecule has 462 valence electrons. The average molecular weight is 1140 g/mol. The van der Waals surface area contributed by atoms with Crippen LogP contribution in [-0.2, 0) is 18.4 Å². The number of quaternary nitrogens is 1. The van der Waals surface area contributed by atoms with Gasteiger partial charge in [0.2, 0.25) is 5.91 Å². The zero-order chi connectivity index (χ0) is 58.4. The molecule has 0 saturated heterocycles. The molecule has 0 fully saturated rings. The van der Waals surface area contributed by atoms with Gasteiger partial charge in [0.15, 0.2) is 0 Å². The second kappa shape index (κ2) is 60.7. The van der Waals surface area contributed by atoms with Crippen LogP contribution in [0.15, 0.2) is 109 Å². The van der Waals surface area contributed by atoms with E-state index in [1.54, 1.807) is 6.08 Å². The maximum absolute atomic E-state index is 13.0. The molecular formula is C71H127N2O6P. The van der Waals surface area contributed by atoms with Crippen LogP contribution in [0.3, 0.4) is 0 Å². The first-order chi connectivity index (χ1) is 39.0. The van der Waals surface area contributed by atoms with Gasteiger partial charge in [0.05, 0.1) is 39.9 Å². The van der Waals surface area contributed by atoms with E-state index in [2.05, 4.69) is 116 Å². The van der Waals surface area contributed by atoms with Gasteiger partial charge < -0.3 is 28.8 Å². The van der Waals surface area contributed by atoms with Crippen LogP contribution in [-0.4, -0.2) is 68.5 Å². The van der Waals surface area contributed by atoms with Crippen LogP contribution >= 0.6 is 7.82 Å². The van der Waals surface area contributed by atoms with Gasteiger partial charge in [0.1, 0.15) is 13.2 Å². The zero-order valence-corrected chi connectivity index (χ0v) is 53.6. The third-order valence-corrected chi connectivity index (χ3v) is 15.4. The minimum Gasteiger partial charge on any atom is -0.756 e. The van der Waals surface area contributed by atoms with Crippen LogP contribution in [0.4, 0.5) is 0 Å². The summed E-state index contributed by atoms with van der Waals surface area (Å²) in [5.74, 6) is -0.212. The molecular weight excluding hydrogens is 1010 g/mol. The molecule has 2 N–H and O–H groups in total. The van der Waals surface area contributed by atoms with Gasteiger partial charge in [-0.05, 0) is 89.9 Å². The highest BCUT2D eigenvalue weighted by atomic mass is 31.2. The molecule has 8 nitrogen and oxygen atoms in total. The molecule has 1 amide bonds. The van der Waals surface area contributed by atoms with E-state index in [1.807, 2.05) is 27.2 Å². The van der Waals surface area contributed by atoms with Crippen LogP contribution < -0.4 is 10.2 Å². The Hall–Kier alpha value is -2.84. The van der Waals surface area contributed by atoms with Gasteiger partial charge in [-0.3, -0.25) is 9.36 Å². The quantitative estimate of drug-likeness (QED) is 0.0272. The molecule has 3 unspecified atom stereocenters. The molecule has 80 heavy (non-hydrogen) atoms. The van der Waals surface area contributed by atoms with E-state index in [0.29, 0.717) is 17.4 Å². The Morgan fingerprint density at radius 1 is 0.450 bits per heavy atom. The molecule has 9 heteroatoms. The van der Waals surface area contributed by atoms with E-state index in [1.165, 1.54) is 180 Å². The number of carbonyl (C=O) groups excluding carboxylic acids is 1. The number of hydrogen-bond donors (Lipinski definition) is 2. The molecule has 0 radical (unpaired) electrons. The van der Waals surface area contributed by atoms with Gasteiger partial charge in [-0.25, -0.2) is 0 Å². The van der Waals surface area contributed by atoms with Crippen molar-refractivity contribution in [3.63, 3.8) is 0 Å². The van der Waals surface area contributed by atoms with E-state index >= 15 is 0 Å². The molecule has 0 aromatic rings. The number of nitrogens with one attached hydrogen (secondary N) is 1. The van der Waals surface area contributed by atoms with Crippen LogP contribution in [0.5, 0.6) is 0 Å². The molecule has 0 aliphatic heterocycles. The lowest BCUT2D eigenvalue weighted by Crippen LogP contribution is -2.45. The van der Waals surface area contributed by atoms with Gasteiger partial charge >= 0.3 is 0 Å². The topological polar surface area (TPSA) is 108 Å². The summed E-state index contributed by atoms with van der Waals surface area (Å²) in [6.07, 6.45) is 89.1. The number of unbranched alkanes of at least 4 members (excludes halogenated alkanes) is 31. The SMILES string of the molecule is CC/C=C\C/C=C\C/C=C\C/C=C\C/C=C\C/C=C\C/C=C\CCCCCCCCCCCCCC(=O)NC(COP(=O)([O-])OCC[N+](C)(C)C)C(O)/C=C/CC/C=C/CCCCCCCCCCCCCCCCCCCCC. The number of allylic oxidation sites excluding steroid dienone is 17. The number of rotatable bonds is 60. The van der Waals surface area contributed by atoms with Gasteiger partial charge in [0.25, 0.3) is 7.82 Å². The summed E-state index contributed by atoms with van der Waals surface area (Å²) in [5, 5.41) is 13.9. The van der Waals surface area contributed by atoms with Crippen LogP contribution in [0.2, 0.25) is 0 Å². The van der Waals surface area contributed by atoms with Crippen molar-refractivity contribution in [3.05, 3.63) is 109 Å². The highest BCUT2D eigenvalue weighted by molar-refractivity contribution is 7.45. The van der Waals surface area contributed by atoms with Crippen molar-refractivity contribution >= 4 is 13.7 Å². The van der Waals surface area contributed by atoms with Gasteiger partial charge in [-0.15, -0.1) is 0 Å². The predicted octanol–water partition coefficient (Wildman–Crippen LogP) is 20.5. The highest BCUT2D eigenvalue weighted by Crippen LogP contribution is 2.38. The van der Waals surface area contributed by atoms with E-state index < -0.39 is 26.6 Å². The molecule has 0 heterocycles. The highest BCUT2D eigenvalue weighted by Gasteiger charge is 2.23. The Morgan fingerprint density at radius 2 is 0.775 bits per heavy atom. The fraction of sp³-hybridized carbons (Fsp3) is 0.732. The number of aliphatic hydroxyl groups is 1. The van der Waals surface area contributed by atoms with Crippen molar-refractivity contribution in [1.29, 1.82) is 0 Å². The summed E-state index contributed by atoms with van der Waals surface area (Å²) in [5.41, 5.74) is 0. The van der Waals surface area contributed by atoms with Crippen LogP contribution in [0.25, 0.3) is 0 Å². The summed E-state index contributed by atoms with van der Waals surface area (Å²) in [4.78, 5) is 25.6. The summed E-state index contributed by atoms with van der Waals surface area (Å²) in [6.45, 7) is 4.53. The van der Waals surface area contributed by atoms with Crippen molar-refractivity contribution in [1.82, 2.24) is 5.32 Å². The Morgan fingerprint density at radius 3 is 1.16 bits per heavy atom. The first-order valence-corrected chi connectivity index (χ1v) is 34.7. The number of amides is 1. The largest absolute Gasteiger partial charge is 0.756 e. The van der Waals surface area contributed by atoms with E-state index in [0.717, 1.165) is 83.5 Å². The lowest BCUT2D eigenvalue weighted by atomic mass is 10.0. The first kappa shape index (κ1) is 77.2. The standard InChI is InChI=1S/C71H127N2O6P/c1-6-8-10-12-14-16-18-20-22-24-26-28-30-32-33-34-35-36-37-38-39-41-43-45-47-49-51-53-55-57-59-61-63-65-71(75)72-69(68-79-80(76,77)78-67-66-73(3,4)5)70(74)64-62-60-58-56-54-52-50-48-46-44-42-40-31-29-27-25-23-21-19-17-15-13-11-9-7-2/h8,10,14,16,20,22,26,28,32-33,35-36,38-39,54,56,62,64,69-70,74H,6-7,9,11-13,15,17-19,21,23-25,27,29-31,34,37,40-53,55,57-61,63,65-68H2,1-5H3,(H-,72,75,76,77)/b10-8-,16-14-,22-20-,28-26-,33-32-,36-35-,39-38-,56-54+,64-62+. The lowest BCUT2D eigenvalue weighted by Gasteiger charge is -2.29. The normalized spacial score (nSPS) is 14.4. The Bertz CT molecular complexity index is 1670. The Kier molecular flexibility index (Phi) is 58.6. The van der Waals surface area contributed by atoms with Crippen molar-refractivity contribution in [2.75, 3.05) is 40.9 Å². The molecule has 0 saturated carbocycles. The maximum Gasteiger partial charge on any atom is 0.268 e. The van der Waals surface area contributed by atoms with Gasteiger partial charge in [-0.1, -0.05) is 297 Å². The fourth-order valence-corrected chi connectivity index (χ4v) is 10.1. The summed E-state index contributed by atoms with van der Waals surface area (Å²) < 4.78 is 23.4. The first-order valence-electron chi connectivity index (χ1n) is 33.2. The summed E-state index contributed by atoms with van der Waals surface area (Å²) in [7, 11) is 1.24. The Labute approximate surface area is 495 Å². The monoisotopic (exact) mass is 1130 g/mol. The molecule has 0 aromatic heterocycles. The van der Waals surface area contributed by atoms with Gasteiger partial charge in [0, 0.05) is 6.42 Å². The number of hydrogen-bond acceptors (Lipinski definition) is 6. The fourth-order valence-electron chi connectivity index (χ4n) is 9.33. The molecule has 0 spiro atoms. The van der Waals surface area contributed by atoms with Gasteiger partial charge in [-0.2, -0.15) is 0 Å². The third kappa shape index (κ3) is 62.8. The summed E-state index contributed by atoms with van der Waals surface area (Å²) >= 11 is 0. The minimum atomic E-state index is -4.62. The average Bonchev–Trinajstić information content (AvgIpc) is 3.42. The molecule has 0 rings (SSSR count).